The molecular weight excluding hydrogens is 830 g/mol. The van der Waals surface area contributed by atoms with Crippen molar-refractivity contribution in [1.29, 1.82) is 0 Å². The number of hydrogen-bond acceptors (Lipinski definition) is 14. The van der Waals surface area contributed by atoms with Gasteiger partial charge in [0.15, 0.2) is 6.29 Å². The lowest BCUT2D eigenvalue weighted by Crippen LogP contribution is -2.35. The first-order chi connectivity index (χ1) is 29.2. The first-order valence-electron chi connectivity index (χ1n) is 21.1. The van der Waals surface area contributed by atoms with E-state index in [9.17, 15) is 28.3 Å². The van der Waals surface area contributed by atoms with Crippen molar-refractivity contribution >= 4 is 39.4 Å². The minimum absolute atomic E-state index is 0.0796. The Morgan fingerprint density at radius 2 is 0.934 bits per heavy atom. The van der Waals surface area contributed by atoms with E-state index in [0.29, 0.717) is 52.0 Å². The van der Waals surface area contributed by atoms with Gasteiger partial charge in [0.05, 0.1) is 38.8 Å². The van der Waals surface area contributed by atoms with E-state index in [1.54, 1.807) is 32.6 Å². The second-order valence-corrected chi connectivity index (χ2v) is 17.5. The van der Waals surface area contributed by atoms with Crippen LogP contribution in [-0.4, -0.2) is 118 Å². The maximum absolute atomic E-state index is 12.8. The Hall–Kier alpha value is -3.46. The molecule has 61 heavy (non-hydrogen) atoms. The predicted octanol–water partition coefficient (Wildman–Crippen LogP) is 9.54. The normalized spacial score (nSPS) is 11.1. The fourth-order valence-electron chi connectivity index (χ4n) is 5.22. The Balaban J connectivity index is 0.00000110. The molecule has 0 saturated heterocycles. The number of carbonyl (C=O) groups excluding carboxylic acids is 4. The molecule has 2 aromatic rings. The van der Waals surface area contributed by atoms with Gasteiger partial charge in [0.2, 0.25) is 0 Å². The molecule has 0 N–H and O–H groups in total. The first kappa shape index (κ1) is 57.5. The summed E-state index contributed by atoms with van der Waals surface area (Å²) in [5.41, 5.74) is 1.78. The summed E-state index contributed by atoms with van der Waals surface area (Å²) in [4.78, 5) is 48.1. The van der Waals surface area contributed by atoms with Gasteiger partial charge >= 0.3 is 27.4 Å². The number of Topliss-reactive ketones (excluding diaryl/α,β-unsaturated/α-hetero) is 1. The number of ketones is 1. The summed E-state index contributed by atoms with van der Waals surface area (Å²) in [6, 6.07) is 18.8. The van der Waals surface area contributed by atoms with Gasteiger partial charge in [-0.1, -0.05) is 60.7 Å². The highest BCUT2D eigenvalue weighted by atomic mass is 31.2. The zero-order valence-corrected chi connectivity index (χ0v) is 39.4. The first-order valence-corrected chi connectivity index (χ1v) is 24.5. The van der Waals surface area contributed by atoms with E-state index in [1.165, 1.54) is 18.7 Å². The van der Waals surface area contributed by atoms with E-state index in [4.69, 9.17) is 37.0 Å². The summed E-state index contributed by atoms with van der Waals surface area (Å²) in [6.45, 7) is 17.5. The van der Waals surface area contributed by atoms with Crippen molar-refractivity contribution in [3.8, 4) is 0 Å². The monoisotopic (exact) mass is 902 g/mol. The van der Waals surface area contributed by atoms with Crippen molar-refractivity contribution in [2.24, 2.45) is 0 Å². The minimum Gasteiger partial charge on any atom is -0.445 e. The standard InChI is InChI=1S/C22H38NO7P.C18H28NO6P.C3H6O/c1-5-26-21(27-6-2)15-12-16-23(17-18-31(25,29-7-3)30-8-4)22(24)28-19-20-13-10-9-11-14-20;1-3-24-26(22,25-4-2)15-13-19(12-8-9-14-20)18(21)23-16-17-10-6-5-7-11-17;1-3(2)4/h9-11,13-14,21H,5-8,12,15-19H2,1-4H3;5-7,10-11,14H,3-4,8-9,12-13,15-16H2,1-2H3;1-2H3. The molecule has 2 aromatic carbocycles. The molecule has 2 rings (SSSR count). The summed E-state index contributed by atoms with van der Waals surface area (Å²) in [7, 11) is -6.51. The van der Waals surface area contributed by atoms with Crippen LogP contribution in [0.15, 0.2) is 60.7 Å². The van der Waals surface area contributed by atoms with Gasteiger partial charge in [-0.2, -0.15) is 0 Å². The lowest BCUT2D eigenvalue weighted by molar-refractivity contribution is -0.140. The van der Waals surface area contributed by atoms with E-state index in [-0.39, 0.29) is 77.1 Å². The van der Waals surface area contributed by atoms with Crippen LogP contribution in [0.3, 0.4) is 0 Å². The van der Waals surface area contributed by atoms with E-state index >= 15 is 0 Å². The van der Waals surface area contributed by atoms with Crippen LogP contribution in [0.25, 0.3) is 0 Å². The number of carbonyl (C=O) groups is 4. The smallest absolute Gasteiger partial charge is 0.410 e. The average Bonchev–Trinajstić information content (AvgIpc) is 3.23. The molecule has 2 amide bonds. The molecule has 0 aliphatic carbocycles. The molecule has 0 unspecified atom stereocenters. The molecule has 0 aromatic heterocycles. The van der Waals surface area contributed by atoms with Crippen molar-refractivity contribution in [2.45, 2.75) is 101 Å². The Morgan fingerprint density at radius 1 is 0.574 bits per heavy atom. The van der Waals surface area contributed by atoms with Gasteiger partial charge in [-0.3, -0.25) is 9.13 Å². The van der Waals surface area contributed by atoms with E-state index in [1.807, 2.05) is 74.5 Å². The van der Waals surface area contributed by atoms with Gasteiger partial charge in [-0.15, -0.1) is 0 Å². The number of aldehydes is 1. The Morgan fingerprint density at radius 3 is 1.26 bits per heavy atom. The molecule has 0 fully saturated rings. The van der Waals surface area contributed by atoms with Crippen LogP contribution >= 0.6 is 15.2 Å². The Bertz CT molecular complexity index is 1510. The zero-order valence-electron chi connectivity index (χ0n) is 37.7. The molecule has 348 valence electrons. The molecule has 16 nitrogen and oxygen atoms in total. The molecule has 0 radical (unpaired) electrons. The highest BCUT2D eigenvalue weighted by Gasteiger charge is 2.28. The highest BCUT2D eigenvalue weighted by molar-refractivity contribution is 7.54. The van der Waals surface area contributed by atoms with Crippen molar-refractivity contribution in [3.63, 3.8) is 0 Å². The van der Waals surface area contributed by atoms with Crippen LogP contribution in [-0.2, 0) is 69.0 Å². The van der Waals surface area contributed by atoms with E-state index in [2.05, 4.69) is 0 Å². The molecule has 0 aliphatic heterocycles. The van der Waals surface area contributed by atoms with Crippen LogP contribution in [0, 0.1) is 0 Å². The summed E-state index contributed by atoms with van der Waals surface area (Å²) in [5.74, 6) is 0.167. The fraction of sp³-hybridized carbons (Fsp3) is 0.628. The topological polar surface area (TPSA) is 183 Å². The molecule has 0 aliphatic rings. The molecule has 0 saturated carbocycles. The molecule has 0 heterocycles. The number of ether oxygens (including phenoxy) is 4. The zero-order chi connectivity index (χ0) is 45.8. The lowest BCUT2D eigenvalue weighted by Gasteiger charge is -2.25. The summed E-state index contributed by atoms with van der Waals surface area (Å²) in [6.07, 6.45) is 1.85. The second-order valence-electron chi connectivity index (χ2n) is 13.1. The number of unbranched alkanes of at least 4 members (excludes halogenated alkanes) is 1. The lowest BCUT2D eigenvalue weighted by atomic mass is 10.2. The van der Waals surface area contributed by atoms with Crippen LogP contribution < -0.4 is 0 Å². The third-order valence-corrected chi connectivity index (χ3v) is 11.9. The van der Waals surface area contributed by atoms with Crippen molar-refractivity contribution in [2.75, 3.05) is 78.1 Å². The Kier molecular flexibility index (Phi) is 34.0. The highest BCUT2D eigenvalue weighted by Crippen LogP contribution is 2.48. The van der Waals surface area contributed by atoms with Gasteiger partial charge < -0.3 is 56.4 Å². The van der Waals surface area contributed by atoms with E-state index in [0.717, 1.165) is 17.4 Å². The molecule has 18 heteroatoms. The predicted molar refractivity (Wildman–Crippen MR) is 236 cm³/mol. The van der Waals surface area contributed by atoms with Gasteiger partial charge in [0, 0.05) is 52.2 Å². The second kappa shape index (κ2) is 36.1. The van der Waals surface area contributed by atoms with Crippen molar-refractivity contribution < 1.29 is 65.4 Å². The number of rotatable bonds is 30. The van der Waals surface area contributed by atoms with Crippen LogP contribution in [0.2, 0.25) is 0 Å². The van der Waals surface area contributed by atoms with E-state index < -0.39 is 27.4 Å². The number of hydrogen-bond donors (Lipinski definition) is 0. The van der Waals surface area contributed by atoms with Gasteiger partial charge in [-0.05, 0) is 79.4 Å². The SMILES string of the molecule is CC(C)=O.CCOC(CCCN(CCP(=O)(OCC)OCC)C(=O)OCc1ccccc1)OCC.CCOP(=O)(CCN(CCCC=O)C(=O)OCc1ccccc1)OCC. The maximum atomic E-state index is 12.8. The van der Waals surface area contributed by atoms with Gasteiger partial charge in [-0.25, -0.2) is 9.59 Å². The number of nitrogens with zero attached hydrogens (tertiary/aromatic N) is 2. The van der Waals surface area contributed by atoms with Crippen LogP contribution in [0.4, 0.5) is 9.59 Å². The maximum Gasteiger partial charge on any atom is 0.410 e. The minimum atomic E-state index is -3.26. The Labute approximate surface area is 364 Å². The fourth-order valence-corrected chi connectivity index (χ4v) is 8.43. The molecule has 0 bridgehead atoms. The molecule has 0 spiro atoms. The van der Waals surface area contributed by atoms with Crippen molar-refractivity contribution in [1.82, 2.24) is 9.80 Å². The quantitative estimate of drug-likeness (QED) is 0.0313. The third-order valence-electron chi connectivity index (χ3n) is 7.84. The average molecular weight is 903 g/mol. The van der Waals surface area contributed by atoms with Gasteiger partial charge in [0.1, 0.15) is 25.3 Å². The van der Waals surface area contributed by atoms with Crippen molar-refractivity contribution in [3.05, 3.63) is 71.8 Å². The number of benzene rings is 2. The summed E-state index contributed by atoms with van der Waals surface area (Å²) >= 11 is 0. The summed E-state index contributed by atoms with van der Waals surface area (Å²) in [5, 5.41) is 0. The molecule has 0 atom stereocenters. The largest absolute Gasteiger partial charge is 0.445 e. The summed E-state index contributed by atoms with van der Waals surface area (Å²) < 4.78 is 68.5. The third kappa shape index (κ3) is 29.5. The van der Waals surface area contributed by atoms with Crippen LogP contribution in [0.5, 0.6) is 0 Å². The van der Waals surface area contributed by atoms with Crippen LogP contribution in [0.1, 0.15) is 92.2 Å². The van der Waals surface area contributed by atoms with Gasteiger partial charge in [0.25, 0.3) is 0 Å². The molecular formula is C43H72N2O14P2. The number of amides is 2.